The van der Waals surface area contributed by atoms with Gasteiger partial charge in [0.25, 0.3) is 5.56 Å². The molecule has 1 aliphatic heterocycles. The number of fused-ring (bicyclic) bond motifs is 1. The van der Waals surface area contributed by atoms with E-state index >= 15 is 0 Å². The second-order valence-electron chi connectivity index (χ2n) is 13.2. The van der Waals surface area contributed by atoms with Crippen molar-refractivity contribution in [3.8, 4) is 11.1 Å². The molecular formula is C39H43F2N7OS. The van der Waals surface area contributed by atoms with Gasteiger partial charge in [-0.1, -0.05) is 78.8 Å². The summed E-state index contributed by atoms with van der Waals surface area (Å²) in [7, 11) is 0. The summed E-state index contributed by atoms with van der Waals surface area (Å²) in [4.78, 5) is 20.2. The number of benzene rings is 3. The quantitative estimate of drug-likeness (QED) is 0.0801. The third-order valence-electron chi connectivity index (χ3n) is 9.76. The zero-order valence-corrected chi connectivity index (χ0v) is 29.1. The van der Waals surface area contributed by atoms with Crippen LogP contribution in [0.3, 0.4) is 0 Å². The number of thioether (sulfide) groups is 1. The fourth-order valence-corrected chi connectivity index (χ4v) is 7.89. The maximum Gasteiger partial charge on any atom is 0.277 e. The molecule has 1 N–H and O–H groups in total. The minimum Gasteiger partial charge on any atom is -0.316 e. The Kier molecular flexibility index (Phi) is 11.1. The van der Waals surface area contributed by atoms with Gasteiger partial charge in [-0.3, -0.25) is 4.79 Å². The summed E-state index contributed by atoms with van der Waals surface area (Å²) in [5.74, 6) is 1.94. The number of hydrogen-bond donors (Lipinski definition) is 1. The molecule has 2 aromatic heterocycles. The normalized spacial score (nSPS) is 14.7. The number of nitrogens with one attached hydrogen (secondary N) is 1. The van der Waals surface area contributed by atoms with Crippen LogP contribution < -0.4 is 10.9 Å². The lowest BCUT2D eigenvalue weighted by atomic mass is 10.0. The number of piperidine rings is 1. The van der Waals surface area contributed by atoms with Gasteiger partial charge in [0.05, 0.1) is 19.6 Å². The summed E-state index contributed by atoms with van der Waals surface area (Å²) in [6, 6.07) is 22.5. The first-order chi connectivity index (χ1) is 24.5. The molecule has 7 rings (SSSR count). The summed E-state index contributed by atoms with van der Waals surface area (Å²) in [6.07, 6.45) is 6.32. The summed E-state index contributed by atoms with van der Waals surface area (Å²) >= 11 is 1.49. The smallest absolute Gasteiger partial charge is 0.277 e. The van der Waals surface area contributed by atoms with E-state index in [1.807, 2.05) is 24.3 Å². The van der Waals surface area contributed by atoms with Gasteiger partial charge < -0.3 is 19.4 Å². The minimum absolute atomic E-state index is 0.158. The first-order valence-electron chi connectivity index (χ1n) is 17.6. The van der Waals surface area contributed by atoms with E-state index < -0.39 is 6.67 Å². The number of likely N-dealkylation sites (tertiary alicyclic amines) is 1. The van der Waals surface area contributed by atoms with Crippen LogP contribution in [0.2, 0.25) is 0 Å². The van der Waals surface area contributed by atoms with Crippen LogP contribution >= 0.6 is 11.8 Å². The second kappa shape index (κ2) is 16.2. The molecule has 0 amide bonds. The van der Waals surface area contributed by atoms with Crippen LogP contribution in [0.1, 0.15) is 65.3 Å². The molecule has 0 atom stereocenters. The molecule has 1 aliphatic carbocycles. The van der Waals surface area contributed by atoms with Crippen molar-refractivity contribution in [2.24, 2.45) is 0 Å². The van der Waals surface area contributed by atoms with Crippen LogP contribution in [0.5, 0.6) is 0 Å². The number of nitrogens with zero attached hydrogens (tertiary/aromatic N) is 6. The maximum absolute atomic E-state index is 13.6. The third kappa shape index (κ3) is 8.22. The minimum atomic E-state index is -0.470. The average molecular weight is 696 g/mol. The highest BCUT2D eigenvalue weighted by atomic mass is 32.2. The van der Waals surface area contributed by atoms with Crippen molar-refractivity contribution in [3.63, 3.8) is 0 Å². The Bertz CT molecular complexity index is 1940. The molecule has 0 bridgehead atoms. The Morgan fingerprint density at radius 3 is 2.14 bits per heavy atom. The maximum atomic E-state index is 13.6. The molecule has 0 saturated carbocycles. The van der Waals surface area contributed by atoms with Crippen LogP contribution in [0.15, 0.2) is 82.7 Å². The topological polar surface area (TPSA) is 80.9 Å². The molecule has 3 heterocycles. The first-order valence-corrected chi connectivity index (χ1v) is 18.6. The molecule has 0 spiro atoms. The van der Waals surface area contributed by atoms with E-state index in [2.05, 4.69) is 53.7 Å². The number of rotatable bonds is 14. The van der Waals surface area contributed by atoms with E-state index in [-0.39, 0.29) is 11.4 Å². The largest absolute Gasteiger partial charge is 0.316 e. The van der Waals surface area contributed by atoms with E-state index in [9.17, 15) is 13.6 Å². The lowest BCUT2D eigenvalue weighted by Gasteiger charge is -2.26. The van der Waals surface area contributed by atoms with Crippen molar-refractivity contribution in [1.82, 2.24) is 34.5 Å². The predicted molar refractivity (Wildman–Crippen MR) is 193 cm³/mol. The van der Waals surface area contributed by atoms with Crippen molar-refractivity contribution in [2.75, 3.05) is 26.2 Å². The standard InChI is InChI=1S/C39H43F2N7OS/c40-23-28-7-13-31(14-8-28)32-15-9-29(10-16-32)25-48-36(24-42-19-22-46-20-2-1-3-21-46)44-45-37(48)26-47-35-6-4-5-34(35)38(49)43-39(47)50-27-30-11-17-33(41)18-12-30/h7-18,42H,1-6,19-27H2. The molecule has 11 heteroatoms. The molecule has 0 unspecified atom stereocenters. The number of aromatic nitrogens is 5. The van der Waals surface area contributed by atoms with E-state index in [4.69, 9.17) is 5.10 Å². The highest BCUT2D eigenvalue weighted by Gasteiger charge is 2.24. The number of halogens is 2. The van der Waals surface area contributed by atoms with Crippen molar-refractivity contribution < 1.29 is 8.78 Å². The molecule has 1 saturated heterocycles. The van der Waals surface area contributed by atoms with Crippen LogP contribution in [-0.2, 0) is 44.9 Å². The van der Waals surface area contributed by atoms with Gasteiger partial charge in [0.2, 0.25) is 0 Å². The Balaban J connectivity index is 1.15. The monoisotopic (exact) mass is 695 g/mol. The van der Waals surface area contributed by atoms with Gasteiger partial charge in [0, 0.05) is 30.1 Å². The van der Waals surface area contributed by atoms with Crippen LogP contribution in [0.25, 0.3) is 11.1 Å². The molecule has 260 valence electrons. The van der Waals surface area contributed by atoms with Crippen molar-refractivity contribution in [2.45, 2.75) is 75.7 Å². The Labute approximate surface area is 296 Å². The summed E-state index contributed by atoms with van der Waals surface area (Å²) < 4.78 is 31.0. The van der Waals surface area contributed by atoms with Gasteiger partial charge in [-0.15, -0.1) is 10.2 Å². The number of hydrogen-bond acceptors (Lipinski definition) is 7. The highest BCUT2D eigenvalue weighted by Crippen LogP contribution is 2.28. The number of alkyl halides is 1. The van der Waals surface area contributed by atoms with E-state index in [1.165, 1.54) is 43.2 Å². The second-order valence-corrected chi connectivity index (χ2v) is 14.1. The Morgan fingerprint density at radius 1 is 0.740 bits per heavy atom. The average Bonchev–Trinajstić information content (AvgIpc) is 3.80. The summed E-state index contributed by atoms with van der Waals surface area (Å²) in [5, 5.41) is 13.7. The van der Waals surface area contributed by atoms with Gasteiger partial charge in [-0.05, 0) is 85.1 Å². The van der Waals surface area contributed by atoms with Gasteiger partial charge in [-0.2, -0.15) is 4.98 Å². The summed E-state index contributed by atoms with van der Waals surface area (Å²) in [5.41, 5.74) is 6.50. The first kappa shape index (κ1) is 34.3. The predicted octanol–water partition coefficient (Wildman–Crippen LogP) is 6.56. The molecule has 50 heavy (non-hydrogen) atoms. The fraction of sp³-hybridized carbons (Fsp3) is 0.385. The van der Waals surface area contributed by atoms with E-state index in [1.54, 1.807) is 12.1 Å². The third-order valence-corrected chi connectivity index (χ3v) is 10.8. The molecular weight excluding hydrogens is 653 g/mol. The van der Waals surface area contributed by atoms with Crippen molar-refractivity contribution in [1.29, 1.82) is 0 Å². The van der Waals surface area contributed by atoms with Crippen molar-refractivity contribution >= 4 is 11.8 Å². The molecule has 5 aromatic rings. The molecule has 2 aliphatic rings. The van der Waals surface area contributed by atoms with E-state index in [0.717, 1.165) is 90.6 Å². The van der Waals surface area contributed by atoms with Crippen molar-refractivity contribution in [3.05, 3.63) is 129 Å². The SMILES string of the molecule is O=c1nc(SCc2ccc(F)cc2)n(Cc2nnc(CNCCN3CCCCC3)n2Cc2ccc(-c3ccc(CF)cc3)cc2)c2c1CCC2. The lowest BCUT2D eigenvalue weighted by molar-refractivity contribution is 0.228. The molecule has 1 fully saturated rings. The Hall–Kier alpha value is -4.19. The van der Waals surface area contributed by atoms with Gasteiger partial charge in [-0.25, -0.2) is 8.78 Å². The van der Waals surface area contributed by atoms with Gasteiger partial charge in [0.15, 0.2) is 11.0 Å². The summed E-state index contributed by atoms with van der Waals surface area (Å²) in [6.45, 7) is 5.35. The highest BCUT2D eigenvalue weighted by molar-refractivity contribution is 7.98. The lowest BCUT2D eigenvalue weighted by Crippen LogP contribution is -2.36. The van der Waals surface area contributed by atoms with Gasteiger partial charge in [0.1, 0.15) is 18.3 Å². The molecule has 8 nitrogen and oxygen atoms in total. The van der Waals surface area contributed by atoms with Crippen LogP contribution in [0.4, 0.5) is 8.78 Å². The molecule has 3 aromatic carbocycles. The van der Waals surface area contributed by atoms with Crippen LogP contribution in [-0.4, -0.2) is 55.4 Å². The molecule has 0 radical (unpaired) electrons. The zero-order valence-electron chi connectivity index (χ0n) is 28.3. The van der Waals surface area contributed by atoms with Crippen LogP contribution in [0, 0.1) is 5.82 Å². The fourth-order valence-electron chi connectivity index (χ4n) is 6.92. The zero-order chi connectivity index (χ0) is 34.3. The Morgan fingerprint density at radius 2 is 1.42 bits per heavy atom. The van der Waals surface area contributed by atoms with Gasteiger partial charge >= 0.3 is 0 Å². The van der Waals surface area contributed by atoms with E-state index in [0.29, 0.717) is 36.1 Å².